The second kappa shape index (κ2) is 5.90. The minimum Gasteiger partial charge on any atom is -0.493 e. The van der Waals surface area contributed by atoms with Crippen LogP contribution < -0.4 is 4.74 Å². The summed E-state index contributed by atoms with van der Waals surface area (Å²) in [5.41, 5.74) is 2.73. The largest absolute Gasteiger partial charge is 0.493 e. The molecule has 3 aliphatic heterocycles. The van der Waals surface area contributed by atoms with Gasteiger partial charge in [0.2, 0.25) is 0 Å². The first-order valence-corrected chi connectivity index (χ1v) is 8.99. The number of halogens is 1. The summed E-state index contributed by atoms with van der Waals surface area (Å²) in [5.74, 6) is 1.16. The van der Waals surface area contributed by atoms with E-state index in [0.717, 1.165) is 31.4 Å². The molecule has 4 rings (SSSR count). The molecule has 2 fully saturated rings. The molecular formula is C17H23BrN2O. The van der Waals surface area contributed by atoms with Gasteiger partial charge in [-0.2, -0.15) is 0 Å². The zero-order valence-electron chi connectivity index (χ0n) is 12.5. The van der Waals surface area contributed by atoms with E-state index < -0.39 is 0 Å². The lowest BCUT2D eigenvalue weighted by atomic mass is 9.99. The van der Waals surface area contributed by atoms with Crippen molar-refractivity contribution in [3.8, 4) is 5.75 Å². The minimum atomic E-state index is 0.786. The normalized spacial score (nSPS) is 26.2. The molecule has 0 saturated carbocycles. The van der Waals surface area contributed by atoms with Gasteiger partial charge >= 0.3 is 0 Å². The number of piperazine rings is 1. The molecule has 0 bridgehead atoms. The lowest BCUT2D eigenvalue weighted by Crippen LogP contribution is -2.54. The van der Waals surface area contributed by atoms with Crippen LogP contribution in [-0.2, 0) is 13.0 Å². The molecule has 114 valence electrons. The highest BCUT2D eigenvalue weighted by Gasteiger charge is 2.29. The van der Waals surface area contributed by atoms with Crippen LogP contribution in [0.4, 0.5) is 0 Å². The first-order chi connectivity index (χ1) is 10.3. The second-order valence-corrected chi connectivity index (χ2v) is 7.49. The van der Waals surface area contributed by atoms with E-state index in [-0.39, 0.29) is 0 Å². The Morgan fingerprint density at radius 2 is 2.14 bits per heavy atom. The van der Waals surface area contributed by atoms with Gasteiger partial charge in [0, 0.05) is 48.7 Å². The third-order valence-electron chi connectivity index (χ3n) is 5.14. The Balaban J connectivity index is 1.49. The summed E-state index contributed by atoms with van der Waals surface area (Å²) < 4.78 is 7.07. The third-order valence-corrected chi connectivity index (χ3v) is 5.60. The highest BCUT2D eigenvalue weighted by atomic mass is 79.9. The summed E-state index contributed by atoms with van der Waals surface area (Å²) in [7, 11) is 0. The molecule has 1 aromatic rings. The summed E-state index contributed by atoms with van der Waals surface area (Å²) in [6.07, 6.45) is 5.23. The van der Waals surface area contributed by atoms with Gasteiger partial charge in [-0.25, -0.2) is 0 Å². The van der Waals surface area contributed by atoms with Crippen molar-refractivity contribution >= 4 is 15.9 Å². The molecule has 1 aromatic carbocycles. The van der Waals surface area contributed by atoms with E-state index in [1.54, 1.807) is 0 Å². The average molecular weight is 351 g/mol. The van der Waals surface area contributed by atoms with Crippen molar-refractivity contribution in [2.45, 2.75) is 38.3 Å². The molecule has 3 aliphatic rings. The van der Waals surface area contributed by atoms with Gasteiger partial charge in [0.15, 0.2) is 0 Å². The van der Waals surface area contributed by atoms with Crippen LogP contribution in [-0.4, -0.2) is 48.6 Å². The van der Waals surface area contributed by atoms with Gasteiger partial charge in [-0.15, -0.1) is 0 Å². The maximum atomic E-state index is 5.87. The van der Waals surface area contributed by atoms with Crippen LogP contribution in [0.15, 0.2) is 16.6 Å². The van der Waals surface area contributed by atoms with Crippen LogP contribution in [0.25, 0.3) is 0 Å². The summed E-state index contributed by atoms with van der Waals surface area (Å²) in [4.78, 5) is 5.32. The Labute approximate surface area is 135 Å². The molecule has 0 aromatic heterocycles. The lowest BCUT2D eigenvalue weighted by Gasteiger charge is -2.44. The zero-order chi connectivity index (χ0) is 14.2. The molecule has 2 saturated heterocycles. The van der Waals surface area contributed by atoms with Crippen LogP contribution in [0.1, 0.15) is 30.4 Å². The monoisotopic (exact) mass is 350 g/mol. The minimum absolute atomic E-state index is 0.786. The molecule has 0 radical (unpaired) electrons. The lowest BCUT2D eigenvalue weighted by molar-refractivity contribution is 0.0453. The zero-order valence-corrected chi connectivity index (χ0v) is 14.1. The van der Waals surface area contributed by atoms with Crippen LogP contribution in [0.2, 0.25) is 0 Å². The molecule has 1 atom stereocenters. The van der Waals surface area contributed by atoms with Crippen molar-refractivity contribution in [3.63, 3.8) is 0 Å². The Morgan fingerprint density at radius 3 is 3.10 bits per heavy atom. The number of hydrogen-bond acceptors (Lipinski definition) is 3. The van der Waals surface area contributed by atoms with Gasteiger partial charge in [0.05, 0.1) is 6.61 Å². The van der Waals surface area contributed by atoms with Gasteiger partial charge in [-0.1, -0.05) is 22.4 Å². The maximum absolute atomic E-state index is 5.87. The van der Waals surface area contributed by atoms with Crippen LogP contribution in [0.3, 0.4) is 0 Å². The van der Waals surface area contributed by atoms with Gasteiger partial charge in [-0.05, 0) is 37.1 Å². The first kappa shape index (κ1) is 14.0. The van der Waals surface area contributed by atoms with Gasteiger partial charge < -0.3 is 4.74 Å². The fraction of sp³-hybridized carbons (Fsp3) is 0.647. The standard InChI is InChI=1S/C17H23BrN2O/c18-15-9-13-4-8-21-17(13)14(10-15)11-19-6-7-20-5-2-1-3-16(20)12-19/h9-10,16H,1-8,11-12H2. The van der Waals surface area contributed by atoms with E-state index in [4.69, 9.17) is 4.74 Å². The SMILES string of the molecule is Brc1cc2c(c(CN3CCN4CCCCC4C3)c1)OCC2. The molecule has 0 N–H and O–H groups in total. The topological polar surface area (TPSA) is 15.7 Å². The van der Waals surface area contributed by atoms with E-state index in [2.05, 4.69) is 37.9 Å². The van der Waals surface area contributed by atoms with Crippen LogP contribution in [0, 0.1) is 0 Å². The first-order valence-electron chi connectivity index (χ1n) is 8.20. The predicted octanol–water partition coefficient (Wildman–Crippen LogP) is 3.05. The second-order valence-electron chi connectivity index (χ2n) is 6.57. The Bertz CT molecular complexity index is 534. The van der Waals surface area contributed by atoms with Crippen molar-refractivity contribution in [2.24, 2.45) is 0 Å². The number of nitrogens with zero attached hydrogens (tertiary/aromatic N) is 2. The van der Waals surface area contributed by atoms with E-state index in [1.165, 1.54) is 61.0 Å². The molecule has 0 spiro atoms. The predicted molar refractivity (Wildman–Crippen MR) is 87.8 cm³/mol. The summed E-state index contributed by atoms with van der Waals surface area (Å²) in [5, 5.41) is 0. The quantitative estimate of drug-likeness (QED) is 0.815. The number of ether oxygens (including phenoxy) is 1. The van der Waals surface area contributed by atoms with Crippen molar-refractivity contribution in [1.29, 1.82) is 0 Å². The van der Waals surface area contributed by atoms with Crippen LogP contribution in [0.5, 0.6) is 5.75 Å². The van der Waals surface area contributed by atoms with E-state index in [9.17, 15) is 0 Å². The van der Waals surface area contributed by atoms with Gasteiger partial charge in [0.1, 0.15) is 5.75 Å². The smallest absolute Gasteiger partial charge is 0.127 e. The number of piperidine rings is 1. The molecule has 0 aliphatic carbocycles. The Kier molecular flexibility index (Phi) is 3.94. The number of fused-ring (bicyclic) bond motifs is 2. The van der Waals surface area contributed by atoms with E-state index in [1.807, 2.05) is 0 Å². The molecule has 0 amide bonds. The van der Waals surface area contributed by atoms with Gasteiger partial charge in [-0.3, -0.25) is 9.80 Å². The summed E-state index contributed by atoms with van der Waals surface area (Å²) in [6.45, 7) is 6.84. The van der Waals surface area contributed by atoms with E-state index in [0.29, 0.717) is 0 Å². The highest BCUT2D eigenvalue weighted by Crippen LogP contribution is 2.34. The van der Waals surface area contributed by atoms with Crippen LogP contribution >= 0.6 is 15.9 Å². The molecule has 21 heavy (non-hydrogen) atoms. The number of benzene rings is 1. The van der Waals surface area contributed by atoms with E-state index >= 15 is 0 Å². The van der Waals surface area contributed by atoms with Crippen molar-refractivity contribution < 1.29 is 4.74 Å². The summed E-state index contributed by atoms with van der Waals surface area (Å²) >= 11 is 3.65. The maximum Gasteiger partial charge on any atom is 0.127 e. The summed E-state index contributed by atoms with van der Waals surface area (Å²) in [6, 6.07) is 5.25. The fourth-order valence-corrected chi connectivity index (χ4v) is 4.62. The Hall–Kier alpha value is -0.580. The molecule has 1 unspecified atom stereocenters. The third kappa shape index (κ3) is 2.86. The van der Waals surface area contributed by atoms with Gasteiger partial charge in [0.25, 0.3) is 0 Å². The molecule has 3 nitrogen and oxygen atoms in total. The number of rotatable bonds is 2. The average Bonchev–Trinajstić information content (AvgIpc) is 2.95. The molecular weight excluding hydrogens is 328 g/mol. The van der Waals surface area contributed by atoms with Crippen molar-refractivity contribution in [2.75, 3.05) is 32.8 Å². The Morgan fingerprint density at radius 1 is 1.19 bits per heavy atom. The van der Waals surface area contributed by atoms with Crippen molar-refractivity contribution in [3.05, 3.63) is 27.7 Å². The van der Waals surface area contributed by atoms with Crippen molar-refractivity contribution in [1.82, 2.24) is 9.80 Å². The molecule has 3 heterocycles. The number of hydrogen-bond donors (Lipinski definition) is 0. The fourth-order valence-electron chi connectivity index (χ4n) is 4.07. The molecule has 4 heteroatoms. The highest BCUT2D eigenvalue weighted by molar-refractivity contribution is 9.10.